The molecule has 1 fully saturated rings. The first-order valence-corrected chi connectivity index (χ1v) is 5.34. The van der Waals surface area contributed by atoms with Crippen LogP contribution in [-0.4, -0.2) is 15.0 Å². The Hall–Kier alpha value is -1.97. The largest absolute Gasteiger partial charge is 0.345 e. The van der Waals surface area contributed by atoms with Gasteiger partial charge in [0.1, 0.15) is 0 Å². The number of nitrogens with zero attached hydrogens (tertiary/aromatic N) is 2. The van der Waals surface area contributed by atoms with E-state index in [0.29, 0.717) is 5.92 Å². The van der Waals surface area contributed by atoms with Crippen LogP contribution >= 0.6 is 0 Å². The molecular formula is C12H11N3O. The maximum absolute atomic E-state index is 11.4. The van der Waals surface area contributed by atoms with E-state index in [0.717, 1.165) is 29.8 Å². The summed E-state index contributed by atoms with van der Waals surface area (Å²) in [5.74, 6) is 0.524. The zero-order chi connectivity index (χ0) is 11.0. The molecule has 2 aromatic rings. The van der Waals surface area contributed by atoms with E-state index in [-0.39, 0.29) is 5.69 Å². The van der Waals surface area contributed by atoms with Crippen molar-refractivity contribution in [3.63, 3.8) is 0 Å². The zero-order valence-electron chi connectivity index (χ0n) is 8.68. The molecule has 1 aliphatic carbocycles. The molecule has 0 radical (unpaired) electrons. The molecule has 0 saturated heterocycles. The third-order valence-electron chi connectivity index (χ3n) is 2.76. The van der Waals surface area contributed by atoms with Crippen LogP contribution < -0.4 is 5.69 Å². The normalized spacial score (nSPS) is 15.0. The average molecular weight is 213 g/mol. The average Bonchev–Trinajstić information content (AvgIpc) is 3.13. The fourth-order valence-electron chi connectivity index (χ4n) is 1.76. The minimum absolute atomic E-state index is 0.267. The summed E-state index contributed by atoms with van der Waals surface area (Å²) in [6.07, 6.45) is 5.73. The van der Waals surface area contributed by atoms with Crippen LogP contribution in [0.4, 0.5) is 0 Å². The van der Waals surface area contributed by atoms with Gasteiger partial charge in [-0.05, 0) is 37.0 Å². The van der Waals surface area contributed by atoms with Crippen molar-refractivity contribution in [3.8, 4) is 11.3 Å². The molecule has 4 nitrogen and oxygen atoms in total. The van der Waals surface area contributed by atoms with Gasteiger partial charge in [-0.1, -0.05) is 0 Å². The van der Waals surface area contributed by atoms with Crippen LogP contribution in [0.25, 0.3) is 11.3 Å². The molecule has 3 rings (SSSR count). The first-order valence-electron chi connectivity index (χ1n) is 5.34. The molecule has 1 N–H and O–H groups in total. The number of pyridine rings is 1. The molecule has 1 saturated carbocycles. The lowest BCUT2D eigenvalue weighted by molar-refractivity contribution is 0.950. The lowest BCUT2D eigenvalue weighted by Gasteiger charge is -2.02. The minimum Gasteiger partial charge on any atom is -0.309 e. The van der Waals surface area contributed by atoms with Gasteiger partial charge in [-0.2, -0.15) is 4.98 Å². The molecule has 16 heavy (non-hydrogen) atoms. The topological polar surface area (TPSA) is 58.6 Å². The lowest BCUT2D eigenvalue weighted by atomic mass is 10.1. The Morgan fingerprint density at radius 3 is 2.69 bits per heavy atom. The van der Waals surface area contributed by atoms with Crippen LogP contribution in [0.5, 0.6) is 0 Å². The van der Waals surface area contributed by atoms with Crippen molar-refractivity contribution in [3.05, 3.63) is 46.8 Å². The van der Waals surface area contributed by atoms with E-state index in [2.05, 4.69) is 15.0 Å². The quantitative estimate of drug-likeness (QED) is 0.826. The van der Waals surface area contributed by atoms with E-state index >= 15 is 0 Å². The molecule has 2 heterocycles. The second-order valence-electron chi connectivity index (χ2n) is 4.04. The van der Waals surface area contributed by atoms with Crippen molar-refractivity contribution in [2.45, 2.75) is 18.8 Å². The molecule has 80 valence electrons. The smallest absolute Gasteiger partial charge is 0.309 e. The van der Waals surface area contributed by atoms with E-state index in [1.54, 1.807) is 12.4 Å². The Morgan fingerprint density at radius 2 is 2.00 bits per heavy atom. The number of H-pyrrole nitrogens is 1. The van der Waals surface area contributed by atoms with Gasteiger partial charge in [-0.25, -0.2) is 4.79 Å². The molecule has 0 bridgehead atoms. The minimum atomic E-state index is -0.267. The van der Waals surface area contributed by atoms with Crippen LogP contribution in [-0.2, 0) is 0 Å². The Balaban J connectivity index is 2.10. The second-order valence-corrected chi connectivity index (χ2v) is 4.04. The lowest BCUT2D eigenvalue weighted by Crippen LogP contribution is -2.13. The third-order valence-corrected chi connectivity index (χ3v) is 2.76. The monoisotopic (exact) mass is 213 g/mol. The van der Waals surface area contributed by atoms with Gasteiger partial charge in [-0.3, -0.25) is 4.98 Å². The van der Waals surface area contributed by atoms with Gasteiger partial charge in [0.15, 0.2) is 0 Å². The first kappa shape index (κ1) is 9.27. The number of hydrogen-bond acceptors (Lipinski definition) is 3. The number of aromatic nitrogens is 3. The van der Waals surface area contributed by atoms with Gasteiger partial charge in [0.2, 0.25) is 0 Å². The van der Waals surface area contributed by atoms with Crippen molar-refractivity contribution < 1.29 is 0 Å². The number of nitrogens with one attached hydrogen (secondary N) is 1. The highest BCUT2D eigenvalue weighted by Crippen LogP contribution is 2.39. The van der Waals surface area contributed by atoms with Crippen molar-refractivity contribution in [2.75, 3.05) is 0 Å². The Morgan fingerprint density at radius 1 is 1.25 bits per heavy atom. The zero-order valence-corrected chi connectivity index (χ0v) is 8.68. The van der Waals surface area contributed by atoms with Crippen LogP contribution in [0, 0.1) is 0 Å². The number of aromatic amines is 1. The molecular weight excluding hydrogens is 202 g/mol. The SMILES string of the molecule is O=c1nc(-c2ccncc2)cc(C2CC2)[nH]1. The van der Waals surface area contributed by atoms with E-state index in [1.807, 2.05) is 18.2 Å². The fourth-order valence-corrected chi connectivity index (χ4v) is 1.76. The van der Waals surface area contributed by atoms with Gasteiger partial charge < -0.3 is 4.98 Å². The van der Waals surface area contributed by atoms with E-state index in [4.69, 9.17) is 0 Å². The predicted molar refractivity (Wildman–Crippen MR) is 60.1 cm³/mol. The van der Waals surface area contributed by atoms with Crippen molar-refractivity contribution >= 4 is 0 Å². The first-order chi connectivity index (χ1) is 7.83. The maximum Gasteiger partial charge on any atom is 0.345 e. The standard InChI is InChI=1S/C12H11N3O/c16-12-14-10(8-1-2-8)7-11(15-12)9-3-5-13-6-4-9/h3-8H,1-2H2,(H,14,15,16). The van der Waals surface area contributed by atoms with Gasteiger partial charge in [0.25, 0.3) is 0 Å². The van der Waals surface area contributed by atoms with Crippen molar-refractivity contribution in [2.24, 2.45) is 0 Å². The van der Waals surface area contributed by atoms with Gasteiger partial charge >= 0.3 is 5.69 Å². The summed E-state index contributed by atoms with van der Waals surface area (Å²) >= 11 is 0. The van der Waals surface area contributed by atoms with E-state index < -0.39 is 0 Å². The van der Waals surface area contributed by atoms with E-state index in [9.17, 15) is 4.79 Å². The van der Waals surface area contributed by atoms with Crippen LogP contribution in [0.3, 0.4) is 0 Å². The molecule has 0 spiro atoms. The number of hydrogen-bond donors (Lipinski definition) is 1. The van der Waals surface area contributed by atoms with Gasteiger partial charge in [0, 0.05) is 23.7 Å². The Bertz CT molecular complexity index is 558. The summed E-state index contributed by atoms with van der Waals surface area (Å²) in [4.78, 5) is 22.2. The maximum atomic E-state index is 11.4. The predicted octanol–water partition coefficient (Wildman–Crippen LogP) is 1.71. The molecule has 4 heteroatoms. The summed E-state index contributed by atoms with van der Waals surface area (Å²) < 4.78 is 0. The van der Waals surface area contributed by atoms with Crippen molar-refractivity contribution in [1.82, 2.24) is 15.0 Å². The molecule has 0 atom stereocenters. The Labute approximate surface area is 92.4 Å². The molecule has 0 amide bonds. The van der Waals surface area contributed by atoms with Crippen molar-refractivity contribution in [1.29, 1.82) is 0 Å². The highest BCUT2D eigenvalue weighted by molar-refractivity contribution is 5.58. The summed E-state index contributed by atoms with van der Waals surface area (Å²) in [6, 6.07) is 5.69. The second kappa shape index (κ2) is 3.56. The Kier molecular flexibility index (Phi) is 2.06. The van der Waals surface area contributed by atoms with Crippen LogP contribution in [0.2, 0.25) is 0 Å². The fraction of sp³-hybridized carbons (Fsp3) is 0.250. The van der Waals surface area contributed by atoms with Crippen LogP contribution in [0.1, 0.15) is 24.5 Å². The molecule has 0 unspecified atom stereocenters. The van der Waals surface area contributed by atoms with Crippen LogP contribution in [0.15, 0.2) is 35.4 Å². The van der Waals surface area contributed by atoms with Gasteiger partial charge in [0.05, 0.1) is 5.69 Å². The van der Waals surface area contributed by atoms with Gasteiger partial charge in [-0.15, -0.1) is 0 Å². The highest BCUT2D eigenvalue weighted by atomic mass is 16.1. The molecule has 1 aliphatic rings. The molecule has 0 aliphatic heterocycles. The highest BCUT2D eigenvalue weighted by Gasteiger charge is 2.25. The summed E-state index contributed by atoms with van der Waals surface area (Å²) in [5.41, 5.74) is 2.40. The summed E-state index contributed by atoms with van der Waals surface area (Å²) in [5, 5.41) is 0. The van der Waals surface area contributed by atoms with E-state index in [1.165, 1.54) is 0 Å². The molecule has 0 aromatic carbocycles. The number of rotatable bonds is 2. The summed E-state index contributed by atoms with van der Waals surface area (Å²) in [6.45, 7) is 0. The molecule has 2 aromatic heterocycles. The third kappa shape index (κ3) is 1.74. The summed E-state index contributed by atoms with van der Waals surface area (Å²) in [7, 11) is 0.